The second-order valence-corrected chi connectivity index (χ2v) is 6.59. The topological polar surface area (TPSA) is 62.4 Å². The van der Waals surface area contributed by atoms with Gasteiger partial charge in [-0.3, -0.25) is 9.59 Å². The summed E-state index contributed by atoms with van der Waals surface area (Å²) in [5, 5.41) is 0. The third-order valence-corrected chi connectivity index (χ3v) is 5.14. The number of hydrogen-bond acceptors (Lipinski definition) is 3. The van der Waals surface area contributed by atoms with Gasteiger partial charge in [-0.05, 0) is 38.3 Å². The minimum absolute atomic E-state index is 0.113. The molecule has 5 heteroatoms. The lowest BCUT2D eigenvalue weighted by Gasteiger charge is -2.26. The summed E-state index contributed by atoms with van der Waals surface area (Å²) < 4.78 is 5.42. The Morgan fingerprint density at radius 2 is 2.00 bits per heavy atom. The van der Waals surface area contributed by atoms with Gasteiger partial charge in [0.05, 0.1) is 13.2 Å². The summed E-state index contributed by atoms with van der Waals surface area (Å²) >= 11 is 0. The standard InChI is InChI=1S/C20H24N2O3/c1-12-18-15(9-7-10-16(18)23)21-19(12)20(24)22(3)13(2)14-8-5-6-11-17(14)25-4/h5-6,8,11,13,21H,7,9-10H2,1-4H3. The van der Waals surface area contributed by atoms with E-state index in [0.717, 1.165) is 35.4 Å². The summed E-state index contributed by atoms with van der Waals surface area (Å²) in [5.74, 6) is 0.778. The molecule has 0 spiro atoms. The fourth-order valence-electron chi connectivity index (χ4n) is 3.56. The van der Waals surface area contributed by atoms with E-state index in [1.807, 2.05) is 38.1 Å². The van der Waals surface area contributed by atoms with Crippen molar-refractivity contribution in [2.45, 2.75) is 39.2 Å². The van der Waals surface area contributed by atoms with E-state index in [4.69, 9.17) is 4.74 Å². The molecule has 1 aromatic heterocycles. The van der Waals surface area contributed by atoms with Crippen molar-refractivity contribution in [2.24, 2.45) is 0 Å². The lowest BCUT2D eigenvalue weighted by molar-refractivity contribution is 0.0735. The molecule has 1 atom stereocenters. The van der Waals surface area contributed by atoms with Gasteiger partial charge in [-0.25, -0.2) is 0 Å². The number of Topliss-reactive ketones (excluding diaryl/α,β-unsaturated/α-hetero) is 1. The first-order valence-electron chi connectivity index (χ1n) is 8.60. The zero-order valence-corrected chi connectivity index (χ0v) is 15.2. The van der Waals surface area contributed by atoms with Crippen molar-refractivity contribution < 1.29 is 14.3 Å². The molecule has 2 aromatic rings. The maximum atomic E-state index is 13.0. The highest BCUT2D eigenvalue weighted by Gasteiger charge is 2.29. The van der Waals surface area contributed by atoms with Crippen molar-refractivity contribution in [3.63, 3.8) is 0 Å². The number of nitrogens with zero attached hydrogens (tertiary/aromatic N) is 1. The average molecular weight is 340 g/mol. The van der Waals surface area contributed by atoms with Crippen molar-refractivity contribution in [3.05, 3.63) is 52.3 Å². The normalized spacial score (nSPS) is 14.8. The number of ketones is 1. The van der Waals surface area contributed by atoms with Gasteiger partial charge in [-0.15, -0.1) is 0 Å². The van der Waals surface area contributed by atoms with Gasteiger partial charge < -0.3 is 14.6 Å². The lowest BCUT2D eigenvalue weighted by atomic mass is 9.93. The predicted octanol–water partition coefficient (Wildman–Crippen LogP) is 3.68. The Morgan fingerprint density at radius 3 is 2.68 bits per heavy atom. The van der Waals surface area contributed by atoms with Gasteiger partial charge in [-0.2, -0.15) is 0 Å². The minimum atomic E-state index is -0.154. The maximum absolute atomic E-state index is 13.0. The Kier molecular flexibility index (Phi) is 4.66. The number of aromatic nitrogens is 1. The first-order chi connectivity index (χ1) is 12.0. The highest BCUT2D eigenvalue weighted by Crippen LogP contribution is 2.31. The van der Waals surface area contributed by atoms with Crippen molar-refractivity contribution in [3.8, 4) is 5.75 Å². The molecule has 0 radical (unpaired) electrons. The Bertz CT molecular complexity index is 822. The molecule has 0 fully saturated rings. The molecule has 1 aliphatic rings. The number of hydrogen-bond donors (Lipinski definition) is 1. The van der Waals surface area contributed by atoms with E-state index in [2.05, 4.69) is 4.98 Å². The zero-order chi connectivity index (χ0) is 18.1. The molecule has 1 aromatic carbocycles. The Hall–Kier alpha value is -2.56. The van der Waals surface area contributed by atoms with Gasteiger partial charge in [0.2, 0.25) is 0 Å². The number of aryl methyl sites for hydroxylation is 1. The molecular weight excluding hydrogens is 316 g/mol. The van der Waals surface area contributed by atoms with Gasteiger partial charge in [0, 0.05) is 30.3 Å². The number of fused-ring (bicyclic) bond motifs is 1. The van der Waals surface area contributed by atoms with Crippen LogP contribution >= 0.6 is 0 Å². The molecule has 1 aliphatic carbocycles. The van der Waals surface area contributed by atoms with Crippen LogP contribution in [0.15, 0.2) is 24.3 Å². The van der Waals surface area contributed by atoms with Crippen LogP contribution in [0.4, 0.5) is 0 Å². The van der Waals surface area contributed by atoms with Crippen molar-refractivity contribution in [1.29, 1.82) is 0 Å². The van der Waals surface area contributed by atoms with Crippen LogP contribution in [0, 0.1) is 6.92 Å². The first kappa shape index (κ1) is 17.3. The number of rotatable bonds is 4. The molecule has 25 heavy (non-hydrogen) atoms. The number of nitrogens with one attached hydrogen (secondary N) is 1. The number of carbonyl (C=O) groups is 2. The third-order valence-electron chi connectivity index (χ3n) is 5.14. The zero-order valence-electron chi connectivity index (χ0n) is 15.2. The predicted molar refractivity (Wildman–Crippen MR) is 96.3 cm³/mol. The molecule has 1 N–H and O–H groups in total. The Labute approximate surface area is 148 Å². The molecule has 0 aliphatic heterocycles. The van der Waals surface area contributed by atoms with Crippen molar-refractivity contribution >= 4 is 11.7 Å². The van der Waals surface area contributed by atoms with Gasteiger partial charge >= 0.3 is 0 Å². The maximum Gasteiger partial charge on any atom is 0.270 e. The summed E-state index contributed by atoms with van der Waals surface area (Å²) in [4.78, 5) is 30.1. The molecular formula is C20H24N2O3. The number of ether oxygens (including phenoxy) is 1. The smallest absolute Gasteiger partial charge is 0.270 e. The van der Waals surface area contributed by atoms with E-state index in [1.54, 1.807) is 19.1 Å². The van der Waals surface area contributed by atoms with E-state index in [0.29, 0.717) is 17.7 Å². The van der Waals surface area contributed by atoms with Crippen LogP contribution in [-0.4, -0.2) is 35.7 Å². The fraction of sp³-hybridized carbons (Fsp3) is 0.400. The molecule has 0 saturated heterocycles. The SMILES string of the molecule is COc1ccccc1C(C)N(C)C(=O)c1[nH]c2c(c1C)C(=O)CCC2. The Morgan fingerprint density at radius 1 is 1.28 bits per heavy atom. The van der Waals surface area contributed by atoms with E-state index in [1.165, 1.54) is 0 Å². The molecule has 0 bridgehead atoms. The average Bonchev–Trinajstić information content (AvgIpc) is 2.97. The second-order valence-electron chi connectivity index (χ2n) is 6.59. The summed E-state index contributed by atoms with van der Waals surface area (Å²) in [6.07, 6.45) is 2.22. The summed E-state index contributed by atoms with van der Waals surface area (Å²) in [7, 11) is 3.41. The third kappa shape index (κ3) is 2.95. The largest absolute Gasteiger partial charge is 0.496 e. The van der Waals surface area contributed by atoms with E-state index >= 15 is 0 Å². The Balaban J connectivity index is 1.92. The molecule has 132 valence electrons. The summed E-state index contributed by atoms with van der Waals surface area (Å²) in [6, 6.07) is 7.54. The van der Waals surface area contributed by atoms with Crippen LogP contribution < -0.4 is 4.74 Å². The van der Waals surface area contributed by atoms with Crippen LogP contribution in [-0.2, 0) is 6.42 Å². The highest BCUT2D eigenvalue weighted by molar-refractivity contribution is 6.04. The summed E-state index contributed by atoms with van der Waals surface area (Å²) in [5.41, 5.74) is 3.85. The summed E-state index contributed by atoms with van der Waals surface area (Å²) in [6.45, 7) is 3.83. The van der Waals surface area contributed by atoms with Crippen LogP contribution in [0.2, 0.25) is 0 Å². The van der Waals surface area contributed by atoms with E-state index in [9.17, 15) is 9.59 Å². The van der Waals surface area contributed by atoms with Gasteiger partial charge in [0.25, 0.3) is 5.91 Å². The number of carbonyl (C=O) groups excluding carboxylic acids is 2. The van der Waals surface area contributed by atoms with Gasteiger partial charge in [0.15, 0.2) is 5.78 Å². The quantitative estimate of drug-likeness (QED) is 0.923. The van der Waals surface area contributed by atoms with E-state index in [-0.39, 0.29) is 17.7 Å². The number of para-hydroxylation sites is 1. The fourth-order valence-corrected chi connectivity index (χ4v) is 3.56. The van der Waals surface area contributed by atoms with Crippen LogP contribution in [0.5, 0.6) is 5.75 Å². The van der Waals surface area contributed by atoms with Crippen molar-refractivity contribution in [1.82, 2.24) is 9.88 Å². The number of H-pyrrole nitrogens is 1. The number of amides is 1. The molecule has 1 heterocycles. The molecule has 0 saturated carbocycles. The lowest BCUT2D eigenvalue weighted by Crippen LogP contribution is -2.30. The first-order valence-corrected chi connectivity index (χ1v) is 8.60. The highest BCUT2D eigenvalue weighted by atomic mass is 16.5. The van der Waals surface area contributed by atoms with Crippen LogP contribution in [0.3, 0.4) is 0 Å². The van der Waals surface area contributed by atoms with Crippen LogP contribution in [0.25, 0.3) is 0 Å². The molecule has 3 rings (SSSR count). The van der Waals surface area contributed by atoms with Gasteiger partial charge in [-0.1, -0.05) is 18.2 Å². The molecule has 5 nitrogen and oxygen atoms in total. The molecule has 1 unspecified atom stereocenters. The second kappa shape index (κ2) is 6.75. The number of methoxy groups -OCH3 is 1. The monoisotopic (exact) mass is 340 g/mol. The van der Waals surface area contributed by atoms with E-state index < -0.39 is 0 Å². The van der Waals surface area contributed by atoms with Crippen molar-refractivity contribution in [2.75, 3.05) is 14.2 Å². The number of benzene rings is 1. The minimum Gasteiger partial charge on any atom is -0.496 e. The van der Waals surface area contributed by atoms with Gasteiger partial charge in [0.1, 0.15) is 11.4 Å². The number of aromatic amines is 1. The van der Waals surface area contributed by atoms with Crippen LogP contribution in [0.1, 0.15) is 63.5 Å². The molecule has 1 amide bonds.